The molecule has 0 aromatic heterocycles. The first-order valence-electron chi connectivity index (χ1n) is 7.59. The summed E-state index contributed by atoms with van der Waals surface area (Å²) in [5.41, 5.74) is 1.44. The highest BCUT2D eigenvalue weighted by Crippen LogP contribution is 2.20. The average Bonchev–Trinajstić information content (AvgIpc) is 2.46. The van der Waals surface area contributed by atoms with Crippen molar-refractivity contribution < 1.29 is 0 Å². The zero-order chi connectivity index (χ0) is 13.9. The first-order chi connectivity index (χ1) is 9.27. The number of rotatable bonds is 10. The Morgan fingerprint density at radius 2 is 1.84 bits per heavy atom. The summed E-state index contributed by atoms with van der Waals surface area (Å²) in [7, 11) is 0. The SMILES string of the molecule is CCCCCC(NCCC(C)SC)c1ccccc1. The zero-order valence-corrected chi connectivity index (χ0v) is 13.5. The molecule has 1 aromatic carbocycles. The fourth-order valence-electron chi connectivity index (χ4n) is 2.25. The Hall–Kier alpha value is -0.470. The molecule has 0 bridgehead atoms. The highest BCUT2D eigenvalue weighted by molar-refractivity contribution is 7.99. The fourth-order valence-corrected chi connectivity index (χ4v) is 2.60. The monoisotopic (exact) mass is 279 g/mol. The Labute approximate surface area is 123 Å². The molecule has 0 heterocycles. The van der Waals surface area contributed by atoms with E-state index < -0.39 is 0 Å². The Kier molecular flexibility index (Phi) is 9.02. The van der Waals surface area contributed by atoms with Crippen LogP contribution in [0.1, 0.15) is 57.6 Å². The Balaban J connectivity index is 2.45. The second-order valence-corrected chi connectivity index (χ2v) is 6.52. The highest BCUT2D eigenvalue weighted by Gasteiger charge is 2.10. The maximum Gasteiger partial charge on any atom is 0.0320 e. The van der Waals surface area contributed by atoms with Crippen LogP contribution in [-0.4, -0.2) is 18.1 Å². The van der Waals surface area contributed by atoms with E-state index in [1.54, 1.807) is 0 Å². The zero-order valence-electron chi connectivity index (χ0n) is 12.7. The molecule has 108 valence electrons. The van der Waals surface area contributed by atoms with Gasteiger partial charge in [0.15, 0.2) is 0 Å². The van der Waals surface area contributed by atoms with Crippen molar-refractivity contribution >= 4 is 11.8 Å². The van der Waals surface area contributed by atoms with Crippen LogP contribution >= 0.6 is 11.8 Å². The largest absolute Gasteiger partial charge is 0.310 e. The van der Waals surface area contributed by atoms with Gasteiger partial charge in [0.2, 0.25) is 0 Å². The molecule has 0 aliphatic rings. The van der Waals surface area contributed by atoms with Gasteiger partial charge in [-0.3, -0.25) is 0 Å². The summed E-state index contributed by atoms with van der Waals surface area (Å²) in [6.45, 7) is 5.69. The van der Waals surface area contributed by atoms with E-state index in [0.717, 1.165) is 11.8 Å². The topological polar surface area (TPSA) is 12.0 Å². The van der Waals surface area contributed by atoms with Gasteiger partial charge in [-0.15, -0.1) is 0 Å². The molecule has 0 aliphatic carbocycles. The van der Waals surface area contributed by atoms with Crippen molar-refractivity contribution in [1.29, 1.82) is 0 Å². The standard InChI is InChI=1S/C17H29NS/c1-4-5-7-12-17(16-10-8-6-9-11-16)18-14-13-15(2)19-3/h6,8-11,15,17-18H,4-5,7,12-14H2,1-3H3. The van der Waals surface area contributed by atoms with Gasteiger partial charge in [-0.1, -0.05) is 63.4 Å². The maximum absolute atomic E-state index is 3.75. The fraction of sp³-hybridized carbons (Fsp3) is 0.647. The van der Waals surface area contributed by atoms with Gasteiger partial charge in [-0.25, -0.2) is 0 Å². The van der Waals surface area contributed by atoms with E-state index in [1.165, 1.54) is 37.7 Å². The van der Waals surface area contributed by atoms with Crippen LogP contribution < -0.4 is 5.32 Å². The van der Waals surface area contributed by atoms with Gasteiger partial charge in [0.1, 0.15) is 0 Å². The molecule has 0 aliphatic heterocycles. The van der Waals surface area contributed by atoms with Crippen LogP contribution in [0.4, 0.5) is 0 Å². The van der Waals surface area contributed by atoms with Gasteiger partial charge in [0.25, 0.3) is 0 Å². The van der Waals surface area contributed by atoms with Crippen molar-refractivity contribution in [2.24, 2.45) is 0 Å². The van der Waals surface area contributed by atoms with Crippen LogP contribution in [-0.2, 0) is 0 Å². The Bertz CT molecular complexity index is 312. The number of thioether (sulfide) groups is 1. The van der Waals surface area contributed by atoms with E-state index >= 15 is 0 Å². The summed E-state index contributed by atoms with van der Waals surface area (Å²) in [5, 5.41) is 4.50. The van der Waals surface area contributed by atoms with E-state index in [0.29, 0.717) is 6.04 Å². The lowest BCUT2D eigenvalue weighted by molar-refractivity contribution is 0.469. The van der Waals surface area contributed by atoms with E-state index in [9.17, 15) is 0 Å². The van der Waals surface area contributed by atoms with Crippen molar-refractivity contribution in [3.05, 3.63) is 35.9 Å². The van der Waals surface area contributed by atoms with E-state index in [4.69, 9.17) is 0 Å². The predicted molar refractivity (Wildman–Crippen MR) is 88.9 cm³/mol. The lowest BCUT2D eigenvalue weighted by Crippen LogP contribution is -2.24. The first kappa shape index (κ1) is 16.6. The summed E-state index contributed by atoms with van der Waals surface area (Å²) in [5.74, 6) is 0. The molecule has 19 heavy (non-hydrogen) atoms. The minimum Gasteiger partial charge on any atom is -0.310 e. The minimum atomic E-state index is 0.529. The molecule has 0 amide bonds. The van der Waals surface area contributed by atoms with Crippen molar-refractivity contribution in [1.82, 2.24) is 5.32 Å². The quantitative estimate of drug-likeness (QED) is 0.602. The normalized spacial score (nSPS) is 14.3. The minimum absolute atomic E-state index is 0.529. The molecule has 2 unspecified atom stereocenters. The van der Waals surface area contributed by atoms with Crippen LogP contribution in [0.2, 0.25) is 0 Å². The molecule has 2 heteroatoms. The van der Waals surface area contributed by atoms with Crippen molar-refractivity contribution in [3.8, 4) is 0 Å². The summed E-state index contributed by atoms with van der Waals surface area (Å²) in [4.78, 5) is 0. The predicted octanol–water partition coefficient (Wildman–Crippen LogP) is 5.04. The molecular formula is C17H29NS. The van der Waals surface area contributed by atoms with Crippen LogP contribution in [0.5, 0.6) is 0 Å². The third-order valence-corrected chi connectivity index (χ3v) is 4.68. The molecule has 1 aromatic rings. The highest BCUT2D eigenvalue weighted by atomic mass is 32.2. The molecular weight excluding hydrogens is 250 g/mol. The molecule has 1 N–H and O–H groups in total. The smallest absolute Gasteiger partial charge is 0.0320 e. The third-order valence-electron chi connectivity index (χ3n) is 3.64. The van der Waals surface area contributed by atoms with Crippen molar-refractivity contribution in [2.45, 2.75) is 57.2 Å². The molecule has 2 atom stereocenters. The summed E-state index contributed by atoms with van der Waals surface area (Å²) >= 11 is 1.95. The lowest BCUT2D eigenvalue weighted by atomic mass is 10.0. The second kappa shape index (κ2) is 10.3. The van der Waals surface area contributed by atoms with Crippen LogP contribution in [0.25, 0.3) is 0 Å². The lowest BCUT2D eigenvalue weighted by Gasteiger charge is -2.20. The summed E-state index contributed by atoms with van der Waals surface area (Å²) in [6, 6.07) is 11.4. The van der Waals surface area contributed by atoms with Gasteiger partial charge in [0.05, 0.1) is 0 Å². The van der Waals surface area contributed by atoms with E-state index in [2.05, 4.69) is 55.8 Å². The average molecular weight is 279 g/mol. The van der Waals surface area contributed by atoms with Crippen LogP contribution in [0.3, 0.4) is 0 Å². The number of nitrogens with one attached hydrogen (secondary N) is 1. The number of benzene rings is 1. The van der Waals surface area contributed by atoms with Gasteiger partial charge >= 0.3 is 0 Å². The molecule has 0 saturated carbocycles. The molecule has 1 rings (SSSR count). The third kappa shape index (κ3) is 7.03. The number of hydrogen-bond acceptors (Lipinski definition) is 2. The Morgan fingerprint density at radius 3 is 2.47 bits per heavy atom. The summed E-state index contributed by atoms with van der Waals surface area (Å²) in [6.07, 6.45) is 8.66. The van der Waals surface area contributed by atoms with E-state index in [-0.39, 0.29) is 0 Å². The summed E-state index contributed by atoms with van der Waals surface area (Å²) < 4.78 is 0. The molecule has 0 radical (unpaired) electrons. The van der Waals surface area contributed by atoms with Gasteiger partial charge in [-0.2, -0.15) is 11.8 Å². The van der Waals surface area contributed by atoms with Gasteiger partial charge in [-0.05, 0) is 31.2 Å². The van der Waals surface area contributed by atoms with Gasteiger partial charge in [0, 0.05) is 11.3 Å². The molecule has 0 spiro atoms. The second-order valence-electron chi connectivity index (χ2n) is 5.25. The van der Waals surface area contributed by atoms with Crippen molar-refractivity contribution in [3.63, 3.8) is 0 Å². The molecule has 1 nitrogen and oxygen atoms in total. The van der Waals surface area contributed by atoms with Crippen LogP contribution in [0, 0.1) is 0 Å². The first-order valence-corrected chi connectivity index (χ1v) is 8.87. The number of hydrogen-bond donors (Lipinski definition) is 1. The van der Waals surface area contributed by atoms with E-state index in [1.807, 2.05) is 11.8 Å². The van der Waals surface area contributed by atoms with Crippen LogP contribution in [0.15, 0.2) is 30.3 Å². The maximum atomic E-state index is 3.75. The number of unbranched alkanes of at least 4 members (excludes halogenated alkanes) is 2. The van der Waals surface area contributed by atoms with Crippen molar-refractivity contribution in [2.75, 3.05) is 12.8 Å². The van der Waals surface area contributed by atoms with Gasteiger partial charge < -0.3 is 5.32 Å². The molecule has 0 fully saturated rings. The Morgan fingerprint density at radius 1 is 1.11 bits per heavy atom. The molecule has 0 saturated heterocycles.